The Hall–Kier alpha value is -3.85. The number of aryl methyl sites for hydroxylation is 3. The van der Waals surface area contributed by atoms with E-state index in [4.69, 9.17) is 10.1 Å². The van der Waals surface area contributed by atoms with Gasteiger partial charge in [0.25, 0.3) is 0 Å². The molecule has 227 valence electrons. The Kier molecular flexibility index (Phi) is 10.1. The topological polar surface area (TPSA) is 50.2 Å². The van der Waals surface area contributed by atoms with Crippen LogP contribution in [0.15, 0.2) is 90.7 Å². The van der Waals surface area contributed by atoms with Crippen molar-refractivity contribution < 1.29 is 30.0 Å². The molecule has 4 heteroatoms. The van der Waals surface area contributed by atoms with E-state index >= 15 is 0 Å². The summed E-state index contributed by atoms with van der Waals surface area (Å²) >= 11 is 0. The molecule has 1 N–H and O–H groups in total. The van der Waals surface area contributed by atoms with Crippen LogP contribution < -0.4 is 0 Å². The van der Waals surface area contributed by atoms with Crippen LogP contribution >= 0.6 is 0 Å². The van der Waals surface area contributed by atoms with Gasteiger partial charge in [-0.15, -0.1) is 34.9 Å². The molecule has 0 saturated carbocycles. The Balaban J connectivity index is 0.000000497. The Labute approximate surface area is 275 Å². The Morgan fingerprint density at radius 2 is 1.55 bits per heavy atom. The van der Waals surface area contributed by atoms with Gasteiger partial charge in [-0.1, -0.05) is 87.9 Å². The number of fused-ring (bicyclic) bond motifs is 4. The van der Waals surface area contributed by atoms with Crippen LogP contribution in [0.1, 0.15) is 68.4 Å². The number of aliphatic hydroxyl groups excluding tert-OH is 1. The summed E-state index contributed by atoms with van der Waals surface area (Å²) in [4.78, 5) is 15.3. The molecule has 1 heterocycles. The van der Waals surface area contributed by atoms with Crippen molar-refractivity contribution in [1.82, 2.24) is 4.98 Å². The van der Waals surface area contributed by atoms with Gasteiger partial charge in [-0.05, 0) is 84.8 Å². The average Bonchev–Trinajstić information content (AvgIpc) is 3.23. The second-order valence-corrected chi connectivity index (χ2v) is 11.8. The maximum atomic E-state index is 10.0. The second-order valence-electron chi connectivity index (χ2n) is 11.8. The van der Waals surface area contributed by atoms with Crippen molar-refractivity contribution in [2.45, 2.75) is 66.7 Å². The van der Waals surface area contributed by atoms with E-state index in [9.17, 15) is 4.79 Å². The molecule has 1 aliphatic rings. The Morgan fingerprint density at radius 1 is 0.818 bits per heavy atom. The molecule has 0 unspecified atom stereocenters. The van der Waals surface area contributed by atoms with Gasteiger partial charge in [0, 0.05) is 37.0 Å². The molecular formula is C40H40IrNO2-. The molecule has 1 aromatic heterocycles. The Bertz CT molecular complexity index is 1860. The van der Waals surface area contributed by atoms with Crippen molar-refractivity contribution in [1.29, 1.82) is 0 Å². The van der Waals surface area contributed by atoms with E-state index in [-0.39, 0.29) is 37.1 Å². The van der Waals surface area contributed by atoms with Crippen molar-refractivity contribution in [3.05, 3.63) is 125 Å². The minimum Gasteiger partial charge on any atom is -0.512 e. The molecular weight excluding hydrogens is 719 g/mol. The van der Waals surface area contributed by atoms with Crippen molar-refractivity contribution >= 4 is 16.7 Å². The summed E-state index contributed by atoms with van der Waals surface area (Å²) in [6.45, 7) is 13.9. The molecule has 0 atom stereocenters. The van der Waals surface area contributed by atoms with Crippen LogP contribution in [0, 0.1) is 26.8 Å². The van der Waals surface area contributed by atoms with Gasteiger partial charge in [0.1, 0.15) is 0 Å². The molecule has 44 heavy (non-hydrogen) atoms. The third-order valence-corrected chi connectivity index (χ3v) is 8.57. The standard InChI is InChI=1S/C35H32N.C5H8O2.Ir/c1-6-35(7-2)31-14-9-8-13-27(31)29-19-30-28(25-12-10-11-22(3)16-25)20-33(36-34(30)21-32(29)35)26-17-23(4)15-24(5)18-26;1-4(6)3-5(2)7;/h8-17,19-21H,6-7H2,1-5H3;3,6H,1-2H3;/q-1;;/b;4-3-;. The van der Waals surface area contributed by atoms with E-state index in [2.05, 4.69) is 120 Å². The van der Waals surface area contributed by atoms with E-state index in [0.29, 0.717) is 0 Å². The fourth-order valence-corrected chi connectivity index (χ4v) is 6.70. The van der Waals surface area contributed by atoms with E-state index < -0.39 is 0 Å². The molecule has 0 aliphatic heterocycles. The SMILES string of the molecule is CC(=O)/C=C(/C)O.CCC1(CC)c2ccccc2-c2cc3c(-c4cccc(C)c4)cc(-c4[c-]c(C)cc(C)c4)nc3cc21.[Ir]. The summed E-state index contributed by atoms with van der Waals surface area (Å²) in [5.41, 5.74) is 14.9. The van der Waals surface area contributed by atoms with Gasteiger partial charge in [-0.25, -0.2) is 0 Å². The molecule has 6 rings (SSSR count). The van der Waals surface area contributed by atoms with Crippen molar-refractivity contribution in [2.75, 3.05) is 0 Å². The third-order valence-electron chi connectivity index (χ3n) is 8.57. The number of carbonyl (C=O) groups excluding carboxylic acids is 1. The number of ketones is 1. The maximum absolute atomic E-state index is 10.0. The predicted octanol–water partition coefficient (Wildman–Crippen LogP) is 10.4. The number of aliphatic hydroxyl groups is 1. The van der Waals surface area contributed by atoms with Crippen LogP contribution in [0.5, 0.6) is 0 Å². The number of hydrogen-bond donors (Lipinski definition) is 1. The largest absolute Gasteiger partial charge is 0.512 e. The molecule has 5 aromatic rings. The zero-order chi connectivity index (χ0) is 30.9. The van der Waals surface area contributed by atoms with Gasteiger partial charge < -0.3 is 5.11 Å². The van der Waals surface area contributed by atoms with Gasteiger partial charge >= 0.3 is 0 Å². The quantitative estimate of drug-likeness (QED) is 0.110. The molecule has 0 fully saturated rings. The zero-order valence-corrected chi connectivity index (χ0v) is 29.0. The molecule has 1 aliphatic carbocycles. The van der Waals surface area contributed by atoms with Crippen molar-refractivity contribution in [3.8, 4) is 33.5 Å². The van der Waals surface area contributed by atoms with Crippen LogP contribution in [-0.2, 0) is 30.3 Å². The summed E-state index contributed by atoms with van der Waals surface area (Å²) in [5, 5.41) is 9.58. The second kappa shape index (κ2) is 13.4. The summed E-state index contributed by atoms with van der Waals surface area (Å²) in [6.07, 6.45) is 3.32. The first kappa shape index (κ1) is 33.1. The molecule has 0 bridgehead atoms. The molecule has 3 nitrogen and oxygen atoms in total. The summed E-state index contributed by atoms with van der Waals surface area (Å²) in [6, 6.07) is 32.8. The summed E-state index contributed by atoms with van der Waals surface area (Å²) < 4.78 is 0. The van der Waals surface area contributed by atoms with E-state index in [1.54, 1.807) is 0 Å². The van der Waals surface area contributed by atoms with Crippen molar-refractivity contribution in [2.24, 2.45) is 0 Å². The third kappa shape index (κ3) is 6.34. The van der Waals surface area contributed by atoms with Gasteiger partial charge in [-0.3, -0.25) is 9.78 Å². The number of hydrogen-bond acceptors (Lipinski definition) is 3. The fraction of sp³-hybridized carbons (Fsp3) is 0.250. The number of carbonyl (C=O) groups is 1. The van der Waals surface area contributed by atoms with Crippen LogP contribution in [0.3, 0.4) is 0 Å². The number of allylic oxidation sites excluding steroid dienone is 2. The van der Waals surface area contributed by atoms with Crippen LogP contribution in [0.4, 0.5) is 0 Å². The normalized spacial score (nSPS) is 12.9. The first-order valence-electron chi connectivity index (χ1n) is 15.1. The van der Waals surface area contributed by atoms with Gasteiger partial charge in [0.2, 0.25) is 0 Å². The number of rotatable bonds is 5. The van der Waals surface area contributed by atoms with Gasteiger partial charge in [0.05, 0.1) is 11.3 Å². The average molecular weight is 759 g/mol. The minimum atomic E-state index is -0.125. The number of pyridine rings is 1. The first-order valence-corrected chi connectivity index (χ1v) is 15.1. The van der Waals surface area contributed by atoms with E-state index in [1.807, 2.05) is 0 Å². The molecule has 1 radical (unpaired) electrons. The number of aromatic nitrogens is 1. The number of benzene rings is 4. The number of nitrogens with zero attached hydrogens (tertiary/aromatic N) is 1. The maximum Gasteiger partial charge on any atom is 0.155 e. The summed E-state index contributed by atoms with van der Waals surface area (Å²) in [5.74, 6) is -0.0625. The Morgan fingerprint density at radius 3 is 2.16 bits per heavy atom. The smallest absolute Gasteiger partial charge is 0.155 e. The summed E-state index contributed by atoms with van der Waals surface area (Å²) in [7, 11) is 0. The van der Waals surface area contributed by atoms with Crippen molar-refractivity contribution in [3.63, 3.8) is 0 Å². The molecule has 4 aromatic carbocycles. The zero-order valence-electron chi connectivity index (χ0n) is 26.6. The van der Waals surface area contributed by atoms with Gasteiger partial charge in [0.15, 0.2) is 5.78 Å². The van der Waals surface area contributed by atoms with Crippen LogP contribution in [0.25, 0.3) is 44.4 Å². The molecule has 0 saturated heterocycles. The monoisotopic (exact) mass is 759 g/mol. The van der Waals surface area contributed by atoms with Gasteiger partial charge in [-0.2, -0.15) is 0 Å². The molecule has 0 amide bonds. The van der Waals surface area contributed by atoms with E-state index in [0.717, 1.165) is 35.2 Å². The van der Waals surface area contributed by atoms with Crippen LogP contribution in [0.2, 0.25) is 0 Å². The fourth-order valence-electron chi connectivity index (χ4n) is 6.70. The van der Waals surface area contributed by atoms with E-state index in [1.165, 1.54) is 69.8 Å². The first-order chi connectivity index (χ1) is 20.6. The predicted molar refractivity (Wildman–Crippen MR) is 180 cm³/mol. The molecule has 0 spiro atoms. The minimum absolute atomic E-state index is 0. The van der Waals surface area contributed by atoms with Crippen LogP contribution in [-0.4, -0.2) is 15.9 Å².